The van der Waals surface area contributed by atoms with Gasteiger partial charge in [0, 0.05) is 38.3 Å². The zero-order valence-corrected chi connectivity index (χ0v) is 13.3. The fraction of sp³-hybridized carbons (Fsp3) is 0.588. The van der Waals surface area contributed by atoms with Crippen LogP contribution < -0.4 is 5.32 Å². The molecule has 4 nitrogen and oxygen atoms in total. The van der Waals surface area contributed by atoms with Gasteiger partial charge in [-0.25, -0.2) is 0 Å². The smallest absolute Gasteiger partial charge is 0.251 e. The largest absolute Gasteiger partial charge is 0.352 e. The molecule has 0 radical (unpaired) electrons. The summed E-state index contributed by atoms with van der Waals surface area (Å²) in [7, 11) is 0. The fourth-order valence-corrected chi connectivity index (χ4v) is 2.64. The third-order valence-corrected chi connectivity index (χ3v) is 4.16. The van der Waals surface area contributed by atoms with E-state index in [2.05, 4.69) is 22.0 Å². The van der Waals surface area contributed by atoms with Crippen molar-refractivity contribution >= 4 is 5.91 Å². The predicted molar refractivity (Wildman–Crippen MR) is 86.7 cm³/mol. The molecular weight excluding hydrogens is 262 g/mol. The zero-order valence-electron chi connectivity index (χ0n) is 13.3. The second kappa shape index (κ2) is 8.15. The van der Waals surface area contributed by atoms with Gasteiger partial charge in [-0.2, -0.15) is 0 Å². The van der Waals surface area contributed by atoms with Crippen molar-refractivity contribution in [2.24, 2.45) is 0 Å². The van der Waals surface area contributed by atoms with E-state index in [1.165, 1.54) is 18.7 Å². The predicted octanol–water partition coefficient (Wildman–Crippen LogP) is 1.75. The first-order valence-electron chi connectivity index (χ1n) is 7.98. The third kappa shape index (κ3) is 5.14. The minimum absolute atomic E-state index is 0.0332. The first-order chi connectivity index (χ1) is 10.2. The molecule has 1 N–H and O–H groups in total. The summed E-state index contributed by atoms with van der Waals surface area (Å²) in [5.74, 6) is 0.0332. The van der Waals surface area contributed by atoms with E-state index < -0.39 is 0 Å². The molecule has 1 aromatic rings. The summed E-state index contributed by atoms with van der Waals surface area (Å²) in [6, 6.07) is 7.72. The lowest BCUT2D eigenvalue weighted by atomic mass is 10.1. The Morgan fingerprint density at radius 3 is 2.33 bits per heavy atom. The maximum atomic E-state index is 12.0. The lowest BCUT2D eigenvalue weighted by Crippen LogP contribution is -2.46. The maximum absolute atomic E-state index is 12.0. The quantitative estimate of drug-likeness (QED) is 0.811. The number of carbonyl (C=O) groups is 1. The van der Waals surface area contributed by atoms with Crippen LogP contribution in [0.25, 0.3) is 0 Å². The van der Waals surface area contributed by atoms with E-state index in [1.54, 1.807) is 0 Å². The number of rotatable bonds is 6. The Labute approximate surface area is 128 Å². The lowest BCUT2D eigenvalue weighted by molar-refractivity contribution is 0.0948. The summed E-state index contributed by atoms with van der Waals surface area (Å²) in [6.45, 7) is 11.9. The van der Waals surface area contributed by atoms with Crippen molar-refractivity contribution in [3.63, 3.8) is 0 Å². The van der Waals surface area contributed by atoms with Crippen molar-refractivity contribution in [1.82, 2.24) is 15.1 Å². The summed E-state index contributed by atoms with van der Waals surface area (Å²) < 4.78 is 0. The summed E-state index contributed by atoms with van der Waals surface area (Å²) in [6.07, 6.45) is 1.02. The molecule has 0 atom stereocenters. The highest BCUT2D eigenvalue weighted by atomic mass is 16.1. The minimum Gasteiger partial charge on any atom is -0.352 e. The second-order valence-electron chi connectivity index (χ2n) is 5.75. The molecule has 1 aliphatic heterocycles. The van der Waals surface area contributed by atoms with Gasteiger partial charge in [-0.15, -0.1) is 0 Å². The number of amides is 1. The molecule has 2 rings (SSSR count). The molecule has 1 saturated heterocycles. The number of nitrogens with zero attached hydrogens (tertiary/aromatic N) is 2. The number of hydrogen-bond acceptors (Lipinski definition) is 3. The van der Waals surface area contributed by atoms with Crippen LogP contribution in [-0.2, 0) is 0 Å². The number of benzene rings is 1. The van der Waals surface area contributed by atoms with Crippen LogP contribution in [0.3, 0.4) is 0 Å². The standard InChI is InChI=1S/C17H27N3O/c1-3-19-11-13-20(14-12-19)10-4-9-18-17(21)16-7-5-15(2)6-8-16/h5-8H,3-4,9-14H2,1-2H3,(H,18,21). The lowest BCUT2D eigenvalue weighted by Gasteiger charge is -2.33. The van der Waals surface area contributed by atoms with Gasteiger partial charge in [-0.1, -0.05) is 24.6 Å². The molecule has 1 fully saturated rings. The Morgan fingerprint density at radius 2 is 1.71 bits per heavy atom. The van der Waals surface area contributed by atoms with Crippen LogP contribution in [-0.4, -0.2) is 61.5 Å². The number of piperazine rings is 1. The van der Waals surface area contributed by atoms with Gasteiger partial charge in [0.25, 0.3) is 5.91 Å². The van der Waals surface area contributed by atoms with Gasteiger partial charge in [-0.3, -0.25) is 4.79 Å². The summed E-state index contributed by atoms with van der Waals surface area (Å²) in [4.78, 5) is 16.9. The monoisotopic (exact) mass is 289 g/mol. The Balaban J connectivity index is 1.61. The molecule has 21 heavy (non-hydrogen) atoms. The first kappa shape index (κ1) is 16.0. The van der Waals surface area contributed by atoms with Gasteiger partial charge >= 0.3 is 0 Å². The average molecular weight is 289 g/mol. The number of aryl methyl sites for hydroxylation is 1. The van der Waals surface area contributed by atoms with Gasteiger partial charge in [0.15, 0.2) is 0 Å². The highest BCUT2D eigenvalue weighted by Crippen LogP contribution is 2.04. The van der Waals surface area contributed by atoms with Crippen LogP contribution in [0.5, 0.6) is 0 Å². The zero-order chi connectivity index (χ0) is 15.1. The van der Waals surface area contributed by atoms with Crippen molar-refractivity contribution in [3.8, 4) is 0 Å². The molecule has 1 heterocycles. The second-order valence-corrected chi connectivity index (χ2v) is 5.75. The number of likely N-dealkylation sites (N-methyl/N-ethyl adjacent to an activating group) is 1. The van der Waals surface area contributed by atoms with Crippen LogP contribution in [0.1, 0.15) is 29.3 Å². The normalized spacial score (nSPS) is 16.9. The Bertz CT molecular complexity index is 436. The highest BCUT2D eigenvalue weighted by Gasteiger charge is 2.14. The Kier molecular flexibility index (Phi) is 6.21. The average Bonchev–Trinajstić information content (AvgIpc) is 2.52. The Hall–Kier alpha value is -1.39. The van der Waals surface area contributed by atoms with Crippen LogP contribution in [0, 0.1) is 6.92 Å². The van der Waals surface area contributed by atoms with E-state index in [1.807, 2.05) is 31.2 Å². The van der Waals surface area contributed by atoms with Crippen molar-refractivity contribution in [1.29, 1.82) is 0 Å². The molecule has 0 aliphatic carbocycles. The summed E-state index contributed by atoms with van der Waals surface area (Å²) in [5, 5.41) is 3.00. The first-order valence-corrected chi connectivity index (χ1v) is 7.98. The van der Waals surface area contributed by atoms with Crippen LogP contribution in [0.2, 0.25) is 0 Å². The van der Waals surface area contributed by atoms with E-state index in [9.17, 15) is 4.79 Å². The van der Waals surface area contributed by atoms with Crippen LogP contribution in [0.15, 0.2) is 24.3 Å². The summed E-state index contributed by atoms with van der Waals surface area (Å²) >= 11 is 0. The molecule has 0 bridgehead atoms. The van der Waals surface area contributed by atoms with Crippen molar-refractivity contribution < 1.29 is 4.79 Å². The number of carbonyl (C=O) groups excluding carboxylic acids is 1. The van der Waals surface area contributed by atoms with E-state index in [0.717, 1.165) is 44.7 Å². The van der Waals surface area contributed by atoms with Gasteiger partial charge in [-0.05, 0) is 38.6 Å². The molecule has 1 aromatic carbocycles. The van der Waals surface area contributed by atoms with E-state index in [0.29, 0.717) is 0 Å². The third-order valence-electron chi connectivity index (χ3n) is 4.16. The van der Waals surface area contributed by atoms with Gasteiger partial charge in [0.2, 0.25) is 0 Å². The van der Waals surface area contributed by atoms with E-state index >= 15 is 0 Å². The number of nitrogens with one attached hydrogen (secondary N) is 1. The molecule has 0 spiro atoms. The molecule has 0 aromatic heterocycles. The van der Waals surface area contributed by atoms with Crippen LogP contribution >= 0.6 is 0 Å². The molecule has 1 amide bonds. The SMILES string of the molecule is CCN1CCN(CCCNC(=O)c2ccc(C)cc2)CC1. The minimum atomic E-state index is 0.0332. The molecule has 0 unspecified atom stereocenters. The number of hydrogen-bond donors (Lipinski definition) is 1. The van der Waals surface area contributed by atoms with Crippen molar-refractivity contribution in [3.05, 3.63) is 35.4 Å². The van der Waals surface area contributed by atoms with E-state index in [4.69, 9.17) is 0 Å². The molecule has 1 aliphatic rings. The molecule has 4 heteroatoms. The topological polar surface area (TPSA) is 35.6 Å². The van der Waals surface area contributed by atoms with E-state index in [-0.39, 0.29) is 5.91 Å². The Morgan fingerprint density at radius 1 is 1.10 bits per heavy atom. The van der Waals surface area contributed by atoms with Crippen molar-refractivity contribution in [2.75, 3.05) is 45.8 Å². The fourth-order valence-electron chi connectivity index (χ4n) is 2.64. The van der Waals surface area contributed by atoms with Crippen LogP contribution in [0.4, 0.5) is 0 Å². The van der Waals surface area contributed by atoms with Gasteiger partial charge in [0.05, 0.1) is 0 Å². The van der Waals surface area contributed by atoms with Crippen molar-refractivity contribution in [2.45, 2.75) is 20.3 Å². The molecule has 0 saturated carbocycles. The maximum Gasteiger partial charge on any atom is 0.251 e. The summed E-state index contributed by atoms with van der Waals surface area (Å²) in [5.41, 5.74) is 1.93. The highest BCUT2D eigenvalue weighted by molar-refractivity contribution is 5.94. The molecular formula is C17H27N3O. The molecule has 116 valence electrons. The van der Waals surface area contributed by atoms with Gasteiger partial charge in [0.1, 0.15) is 0 Å². The van der Waals surface area contributed by atoms with Gasteiger partial charge < -0.3 is 15.1 Å².